The topological polar surface area (TPSA) is 40.5 Å². The van der Waals surface area contributed by atoms with Crippen molar-refractivity contribution < 1.29 is 19.0 Å². The first-order chi connectivity index (χ1) is 14.7. The van der Waals surface area contributed by atoms with Gasteiger partial charge in [-0.05, 0) is 105 Å². The van der Waals surface area contributed by atoms with E-state index in [4.69, 9.17) is 0 Å². The summed E-state index contributed by atoms with van der Waals surface area (Å²) in [5.41, 5.74) is -0.129. The highest BCUT2D eigenvalue weighted by Gasteiger charge is 2.68. The molecule has 0 radical (unpaired) electrons. The molecule has 0 heterocycles. The van der Waals surface area contributed by atoms with E-state index in [1.54, 1.807) is 0 Å². The van der Waals surface area contributed by atoms with E-state index in [1.165, 1.54) is 0 Å². The van der Waals surface area contributed by atoms with Crippen LogP contribution in [0.1, 0.15) is 98.8 Å². The largest absolute Gasteiger partial charge is 0.390 e. The van der Waals surface area contributed by atoms with E-state index in [0.717, 1.165) is 51.4 Å². The fourth-order valence-corrected chi connectivity index (χ4v) is 9.18. The summed E-state index contributed by atoms with van der Waals surface area (Å²) in [4.78, 5) is 0. The van der Waals surface area contributed by atoms with E-state index in [-0.39, 0.29) is 35.0 Å². The molecule has 184 valence electrons. The minimum Gasteiger partial charge on any atom is -0.390 e. The fraction of sp³-hybridized carbons (Fsp3) is 0.929. The van der Waals surface area contributed by atoms with Crippen LogP contribution >= 0.6 is 0 Å². The number of fused-ring (bicyclic) bond motifs is 5. The first kappa shape index (κ1) is 24.6. The number of hydrogen-bond acceptors (Lipinski definition) is 2. The van der Waals surface area contributed by atoms with Crippen LogP contribution in [0.15, 0.2) is 12.2 Å². The Balaban J connectivity index is 1.56. The number of aliphatic hydroxyl groups is 2. The minimum absolute atomic E-state index is 0.00681. The van der Waals surface area contributed by atoms with E-state index in [0.29, 0.717) is 23.8 Å². The molecule has 0 amide bonds. The van der Waals surface area contributed by atoms with Crippen molar-refractivity contribution in [1.29, 1.82) is 0 Å². The molecule has 4 heteroatoms. The highest BCUT2D eigenvalue weighted by molar-refractivity contribution is 5.23. The summed E-state index contributed by atoms with van der Waals surface area (Å²) in [6, 6.07) is 0. The molecule has 0 aromatic heterocycles. The Kier molecular flexibility index (Phi) is 6.19. The molecule has 4 fully saturated rings. The van der Waals surface area contributed by atoms with Gasteiger partial charge in [-0.1, -0.05) is 40.2 Å². The Bertz CT molecular complexity index is 727. The van der Waals surface area contributed by atoms with Gasteiger partial charge in [-0.2, -0.15) is 0 Å². The molecule has 9 atom stereocenters. The molecule has 4 aliphatic carbocycles. The van der Waals surface area contributed by atoms with E-state index in [2.05, 4.69) is 27.4 Å². The van der Waals surface area contributed by atoms with Crippen LogP contribution in [-0.4, -0.2) is 27.8 Å². The lowest BCUT2D eigenvalue weighted by atomic mass is 9.43. The van der Waals surface area contributed by atoms with Crippen LogP contribution in [0, 0.1) is 46.3 Å². The molecular formula is C28H46F2O2. The maximum absolute atomic E-state index is 15.9. The van der Waals surface area contributed by atoms with Gasteiger partial charge in [0.15, 0.2) is 0 Å². The molecular weight excluding hydrogens is 406 g/mol. The van der Waals surface area contributed by atoms with Gasteiger partial charge in [0.2, 0.25) is 0 Å². The van der Waals surface area contributed by atoms with Crippen LogP contribution in [0.4, 0.5) is 8.78 Å². The molecule has 0 aromatic rings. The van der Waals surface area contributed by atoms with Gasteiger partial charge in [-0.25, -0.2) is 8.78 Å². The molecule has 0 saturated heterocycles. The van der Waals surface area contributed by atoms with E-state index in [1.807, 2.05) is 13.8 Å². The second-order valence-electron chi connectivity index (χ2n) is 13.3. The summed E-state index contributed by atoms with van der Waals surface area (Å²) in [6.45, 7) is 14.7. The zero-order valence-corrected chi connectivity index (χ0v) is 21.0. The number of rotatable bonds is 5. The lowest BCUT2D eigenvalue weighted by Crippen LogP contribution is -2.61. The van der Waals surface area contributed by atoms with Crippen molar-refractivity contribution >= 4 is 0 Å². The second kappa shape index (κ2) is 8.04. The molecule has 0 aromatic carbocycles. The average Bonchev–Trinajstić information content (AvgIpc) is 3.03. The van der Waals surface area contributed by atoms with Crippen LogP contribution in [-0.2, 0) is 0 Å². The Morgan fingerprint density at radius 2 is 1.69 bits per heavy atom. The molecule has 4 saturated carbocycles. The molecule has 2 N–H and O–H groups in total. The lowest BCUT2D eigenvalue weighted by molar-refractivity contribution is -0.228. The van der Waals surface area contributed by atoms with Gasteiger partial charge in [0.25, 0.3) is 5.92 Å². The quantitative estimate of drug-likeness (QED) is 0.441. The smallest absolute Gasteiger partial charge is 0.252 e. The van der Waals surface area contributed by atoms with Gasteiger partial charge in [0.05, 0.1) is 11.7 Å². The standard InChI is InChI=1S/C28H46F2O2/c1-17(8-7-13-25(3,4)32)19-9-10-20-24-21(11-14-26(19,20)5)27(6)15-12-23(31)18(2)22(27)16-28(24,29)30/h17,19-24,31-32H,2,7-16H2,1,3-6H3/t17-,19-,20+,21+,22+,23+,24+,26-,27-/m1/s1. The number of alkyl halides is 2. The van der Waals surface area contributed by atoms with Gasteiger partial charge in [-0.15, -0.1) is 0 Å². The monoisotopic (exact) mass is 452 g/mol. The van der Waals surface area contributed by atoms with Gasteiger partial charge >= 0.3 is 0 Å². The van der Waals surface area contributed by atoms with Crippen molar-refractivity contribution in [3.05, 3.63) is 12.2 Å². The molecule has 32 heavy (non-hydrogen) atoms. The summed E-state index contributed by atoms with van der Waals surface area (Å²) < 4.78 is 31.8. The molecule has 2 nitrogen and oxygen atoms in total. The predicted molar refractivity (Wildman–Crippen MR) is 125 cm³/mol. The third-order valence-corrected chi connectivity index (χ3v) is 10.9. The van der Waals surface area contributed by atoms with Gasteiger partial charge in [0.1, 0.15) is 0 Å². The zero-order valence-electron chi connectivity index (χ0n) is 21.0. The number of halogens is 2. The Hall–Kier alpha value is -0.480. The third kappa shape index (κ3) is 3.89. The SMILES string of the molecule is C=C1[C@@H](O)CC[C@@]2(C)[C@H]1CC(F)(F)[C@@H]1[C@@H]2CC[C@]2(C)[C@@H]([C@H](C)CCCC(C)(C)O)CC[C@@H]12. The van der Waals surface area contributed by atoms with Crippen LogP contribution < -0.4 is 0 Å². The maximum atomic E-state index is 15.9. The maximum Gasteiger partial charge on any atom is 0.252 e. The Morgan fingerprint density at radius 1 is 1.06 bits per heavy atom. The summed E-state index contributed by atoms with van der Waals surface area (Å²) in [5, 5.41) is 20.4. The van der Waals surface area contributed by atoms with Crippen molar-refractivity contribution in [2.24, 2.45) is 46.3 Å². The first-order valence-electron chi connectivity index (χ1n) is 13.2. The molecule has 0 bridgehead atoms. The summed E-state index contributed by atoms with van der Waals surface area (Å²) in [5.74, 6) is -2.34. The summed E-state index contributed by atoms with van der Waals surface area (Å²) in [7, 11) is 0. The number of hydrogen-bond donors (Lipinski definition) is 2. The average molecular weight is 453 g/mol. The van der Waals surface area contributed by atoms with Crippen molar-refractivity contribution in [1.82, 2.24) is 0 Å². The van der Waals surface area contributed by atoms with E-state index in [9.17, 15) is 10.2 Å². The van der Waals surface area contributed by atoms with Crippen LogP contribution in [0.25, 0.3) is 0 Å². The molecule has 0 spiro atoms. The highest BCUT2D eigenvalue weighted by atomic mass is 19.3. The van der Waals surface area contributed by atoms with Crippen molar-refractivity contribution in [2.45, 2.75) is 116 Å². The van der Waals surface area contributed by atoms with E-state index < -0.39 is 23.5 Å². The Labute approximate surface area is 194 Å². The van der Waals surface area contributed by atoms with Gasteiger partial charge in [-0.3, -0.25) is 0 Å². The van der Waals surface area contributed by atoms with Gasteiger partial charge in [0, 0.05) is 12.3 Å². The molecule has 0 aliphatic heterocycles. The normalized spacial score (nSPS) is 46.8. The van der Waals surface area contributed by atoms with Crippen molar-refractivity contribution in [3.8, 4) is 0 Å². The molecule has 4 rings (SSSR count). The summed E-state index contributed by atoms with van der Waals surface area (Å²) in [6.07, 6.45) is 7.56. The van der Waals surface area contributed by atoms with Gasteiger partial charge < -0.3 is 10.2 Å². The lowest BCUT2D eigenvalue weighted by Gasteiger charge is -2.63. The highest BCUT2D eigenvalue weighted by Crippen LogP contribution is 2.71. The molecule has 0 unspecified atom stereocenters. The van der Waals surface area contributed by atoms with Crippen LogP contribution in [0.3, 0.4) is 0 Å². The Morgan fingerprint density at radius 3 is 2.34 bits per heavy atom. The van der Waals surface area contributed by atoms with Crippen LogP contribution in [0.2, 0.25) is 0 Å². The third-order valence-electron chi connectivity index (χ3n) is 10.9. The minimum atomic E-state index is -2.68. The fourth-order valence-electron chi connectivity index (χ4n) is 9.18. The zero-order chi connectivity index (χ0) is 23.7. The van der Waals surface area contributed by atoms with Crippen molar-refractivity contribution in [2.75, 3.05) is 0 Å². The second-order valence-corrected chi connectivity index (χ2v) is 13.3. The summed E-state index contributed by atoms with van der Waals surface area (Å²) >= 11 is 0. The van der Waals surface area contributed by atoms with E-state index >= 15 is 8.78 Å². The predicted octanol–water partition coefficient (Wildman–Crippen LogP) is 6.99. The van der Waals surface area contributed by atoms with Crippen LogP contribution in [0.5, 0.6) is 0 Å². The first-order valence-corrected chi connectivity index (χ1v) is 13.2. The molecule has 4 aliphatic rings. The van der Waals surface area contributed by atoms with Crippen molar-refractivity contribution in [3.63, 3.8) is 0 Å². The number of aliphatic hydroxyl groups excluding tert-OH is 1.